The van der Waals surface area contributed by atoms with Crippen molar-refractivity contribution in [2.75, 3.05) is 42.9 Å². The highest BCUT2D eigenvalue weighted by molar-refractivity contribution is 7.22. The molecule has 2 aromatic heterocycles. The van der Waals surface area contributed by atoms with Crippen molar-refractivity contribution < 1.29 is 4.79 Å². The van der Waals surface area contributed by atoms with Crippen LogP contribution >= 0.6 is 11.3 Å². The molecule has 1 aliphatic heterocycles. The molecule has 4 aromatic rings. The summed E-state index contributed by atoms with van der Waals surface area (Å²) in [4.78, 5) is 29.6. The summed E-state index contributed by atoms with van der Waals surface area (Å²) in [5.41, 5.74) is 2.96. The highest BCUT2D eigenvalue weighted by Crippen LogP contribution is 2.25. The van der Waals surface area contributed by atoms with E-state index in [1.54, 1.807) is 0 Å². The van der Waals surface area contributed by atoms with Crippen LogP contribution in [0.2, 0.25) is 0 Å². The molecule has 2 aromatic carbocycles. The quantitative estimate of drug-likeness (QED) is 0.544. The van der Waals surface area contributed by atoms with Gasteiger partial charge in [0.25, 0.3) is 0 Å². The maximum absolute atomic E-state index is 12.5. The Morgan fingerprint density at radius 2 is 1.83 bits per heavy atom. The molecule has 1 aliphatic rings. The SMILES string of the molecule is O=C(CN1CCCN(c2nc3ccccc3[nH]2)CC1)Nc1nc2ccccc2s1. The van der Waals surface area contributed by atoms with Crippen LogP contribution in [0.15, 0.2) is 48.5 Å². The number of fused-ring (bicyclic) bond motifs is 2. The lowest BCUT2D eigenvalue weighted by molar-refractivity contribution is -0.117. The smallest absolute Gasteiger partial charge is 0.240 e. The summed E-state index contributed by atoms with van der Waals surface area (Å²) in [6.45, 7) is 3.86. The van der Waals surface area contributed by atoms with E-state index in [2.05, 4.69) is 25.1 Å². The molecular weight excluding hydrogens is 384 g/mol. The fourth-order valence-corrected chi connectivity index (χ4v) is 4.60. The Hall–Kier alpha value is -2.97. The topological polar surface area (TPSA) is 77.2 Å². The number of para-hydroxylation sites is 3. The summed E-state index contributed by atoms with van der Waals surface area (Å²) >= 11 is 1.51. The first-order chi connectivity index (χ1) is 14.2. The third-order valence-corrected chi connectivity index (χ3v) is 6.12. The van der Waals surface area contributed by atoms with Crippen LogP contribution in [0.5, 0.6) is 0 Å². The number of amides is 1. The number of rotatable bonds is 4. The summed E-state index contributed by atoms with van der Waals surface area (Å²) in [5, 5.41) is 3.62. The van der Waals surface area contributed by atoms with Gasteiger partial charge in [0.05, 0.1) is 27.8 Å². The molecule has 0 aliphatic carbocycles. The van der Waals surface area contributed by atoms with E-state index in [1.165, 1.54) is 11.3 Å². The first kappa shape index (κ1) is 18.1. The minimum absolute atomic E-state index is 0.0127. The molecule has 5 rings (SSSR count). The minimum Gasteiger partial charge on any atom is -0.341 e. The number of imidazole rings is 1. The average Bonchev–Trinajstić information content (AvgIpc) is 3.26. The van der Waals surface area contributed by atoms with E-state index in [0.29, 0.717) is 11.7 Å². The number of aromatic nitrogens is 3. The Morgan fingerprint density at radius 3 is 2.69 bits per heavy atom. The van der Waals surface area contributed by atoms with E-state index in [4.69, 9.17) is 4.98 Å². The molecule has 1 amide bonds. The van der Waals surface area contributed by atoms with Crippen molar-refractivity contribution in [2.24, 2.45) is 0 Å². The molecule has 0 radical (unpaired) electrons. The number of nitrogens with zero attached hydrogens (tertiary/aromatic N) is 4. The number of nitrogens with one attached hydrogen (secondary N) is 2. The Morgan fingerprint density at radius 1 is 1.00 bits per heavy atom. The normalized spacial score (nSPS) is 15.7. The lowest BCUT2D eigenvalue weighted by atomic mass is 10.3. The van der Waals surface area contributed by atoms with E-state index >= 15 is 0 Å². The zero-order valence-corrected chi connectivity index (χ0v) is 16.8. The molecule has 148 valence electrons. The largest absolute Gasteiger partial charge is 0.341 e. The van der Waals surface area contributed by atoms with Crippen molar-refractivity contribution in [2.45, 2.75) is 6.42 Å². The molecule has 0 atom stereocenters. The second-order valence-electron chi connectivity index (χ2n) is 7.23. The molecule has 2 N–H and O–H groups in total. The highest BCUT2D eigenvalue weighted by atomic mass is 32.1. The number of aromatic amines is 1. The van der Waals surface area contributed by atoms with Crippen LogP contribution in [0.4, 0.5) is 11.1 Å². The molecular formula is C21H22N6OS. The molecule has 3 heterocycles. The van der Waals surface area contributed by atoms with Crippen LogP contribution in [0.25, 0.3) is 21.3 Å². The number of H-pyrrole nitrogens is 1. The van der Waals surface area contributed by atoms with Crippen LogP contribution in [-0.4, -0.2) is 58.5 Å². The predicted molar refractivity (Wildman–Crippen MR) is 118 cm³/mol. The van der Waals surface area contributed by atoms with Crippen molar-refractivity contribution in [3.63, 3.8) is 0 Å². The number of thiazole rings is 1. The lowest BCUT2D eigenvalue weighted by Gasteiger charge is -2.20. The molecule has 0 spiro atoms. The molecule has 1 fully saturated rings. The van der Waals surface area contributed by atoms with Crippen molar-refractivity contribution in [1.82, 2.24) is 19.9 Å². The molecule has 29 heavy (non-hydrogen) atoms. The Bertz CT molecular complexity index is 1090. The summed E-state index contributed by atoms with van der Waals surface area (Å²) in [7, 11) is 0. The summed E-state index contributed by atoms with van der Waals surface area (Å²) in [5.74, 6) is 0.897. The van der Waals surface area contributed by atoms with Crippen LogP contribution < -0.4 is 10.2 Å². The first-order valence-corrected chi connectivity index (χ1v) is 10.6. The molecule has 1 saturated heterocycles. The maximum atomic E-state index is 12.5. The highest BCUT2D eigenvalue weighted by Gasteiger charge is 2.19. The van der Waals surface area contributed by atoms with Gasteiger partial charge in [0.1, 0.15) is 0 Å². The number of hydrogen-bond donors (Lipinski definition) is 2. The number of carbonyl (C=O) groups is 1. The fourth-order valence-electron chi connectivity index (χ4n) is 3.72. The van der Waals surface area contributed by atoms with E-state index in [1.807, 2.05) is 48.5 Å². The van der Waals surface area contributed by atoms with Crippen molar-refractivity contribution in [3.8, 4) is 0 Å². The van der Waals surface area contributed by atoms with Crippen molar-refractivity contribution in [3.05, 3.63) is 48.5 Å². The first-order valence-electron chi connectivity index (χ1n) is 9.82. The predicted octanol–water partition coefficient (Wildman–Crippen LogP) is 3.32. The van der Waals surface area contributed by atoms with Crippen molar-refractivity contribution in [1.29, 1.82) is 0 Å². The van der Waals surface area contributed by atoms with Gasteiger partial charge in [-0.05, 0) is 30.7 Å². The van der Waals surface area contributed by atoms with Crippen molar-refractivity contribution >= 4 is 49.6 Å². The third-order valence-electron chi connectivity index (χ3n) is 5.17. The second kappa shape index (κ2) is 7.81. The van der Waals surface area contributed by atoms with Gasteiger partial charge in [0.2, 0.25) is 11.9 Å². The van der Waals surface area contributed by atoms with Crippen LogP contribution in [0, 0.1) is 0 Å². The average molecular weight is 407 g/mol. The van der Waals surface area contributed by atoms with Gasteiger partial charge in [-0.2, -0.15) is 0 Å². The van der Waals surface area contributed by atoms with Gasteiger partial charge in [-0.3, -0.25) is 9.69 Å². The summed E-state index contributed by atoms with van der Waals surface area (Å²) < 4.78 is 1.08. The molecule has 0 saturated carbocycles. The Balaban J connectivity index is 1.19. The third kappa shape index (κ3) is 3.94. The van der Waals surface area contributed by atoms with E-state index in [9.17, 15) is 4.79 Å². The standard InChI is InChI=1S/C21H22N6OS/c28-19(25-21-24-17-8-3-4-9-18(17)29-21)14-26-10-5-11-27(13-12-26)20-22-15-6-1-2-7-16(15)23-20/h1-4,6-9H,5,10-14H2,(H,22,23)(H,24,25,28). The zero-order valence-electron chi connectivity index (χ0n) is 16.0. The number of hydrogen-bond acceptors (Lipinski definition) is 6. The lowest BCUT2D eigenvalue weighted by Crippen LogP contribution is -2.36. The van der Waals surface area contributed by atoms with Gasteiger partial charge in [-0.25, -0.2) is 9.97 Å². The molecule has 8 heteroatoms. The maximum Gasteiger partial charge on any atom is 0.240 e. The van der Waals surface area contributed by atoms with Crippen LogP contribution in [0.1, 0.15) is 6.42 Å². The van der Waals surface area contributed by atoms with E-state index < -0.39 is 0 Å². The van der Waals surface area contributed by atoms with Crippen LogP contribution in [0.3, 0.4) is 0 Å². The van der Waals surface area contributed by atoms with Gasteiger partial charge < -0.3 is 15.2 Å². The Labute approximate surface area is 172 Å². The second-order valence-corrected chi connectivity index (χ2v) is 8.26. The van der Waals surface area contributed by atoms with Gasteiger partial charge >= 0.3 is 0 Å². The Kier molecular flexibility index (Phi) is 4.87. The van der Waals surface area contributed by atoms with Gasteiger partial charge in [-0.15, -0.1) is 0 Å². The van der Waals surface area contributed by atoms with Gasteiger partial charge in [0, 0.05) is 26.2 Å². The fraction of sp³-hybridized carbons (Fsp3) is 0.286. The van der Waals surface area contributed by atoms with Gasteiger partial charge in [-0.1, -0.05) is 35.6 Å². The molecule has 7 nitrogen and oxygen atoms in total. The zero-order chi connectivity index (χ0) is 19.6. The van der Waals surface area contributed by atoms with Crippen LogP contribution in [-0.2, 0) is 4.79 Å². The van der Waals surface area contributed by atoms with Gasteiger partial charge in [0.15, 0.2) is 5.13 Å². The minimum atomic E-state index is -0.0127. The molecule has 0 bridgehead atoms. The molecule has 0 unspecified atom stereocenters. The van der Waals surface area contributed by atoms with E-state index in [-0.39, 0.29) is 5.91 Å². The number of anilines is 2. The van der Waals surface area contributed by atoms with E-state index in [0.717, 1.165) is 59.8 Å². The monoisotopic (exact) mass is 406 g/mol. The summed E-state index contributed by atoms with van der Waals surface area (Å²) in [6, 6.07) is 16.0. The number of benzene rings is 2. The number of carbonyl (C=O) groups excluding carboxylic acids is 1. The summed E-state index contributed by atoms with van der Waals surface area (Å²) in [6.07, 6.45) is 0.992.